The second-order valence-electron chi connectivity index (χ2n) is 9.30. The van der Waals surface area contributed by atoms with Gasteiger partial charge in [-0.3, -0.25) is 4.79 Å². The van der Waals surface area contributed by atoms with Crippen LogP contribution >= 0.6 is 11.6 Å². The Bertz CT molecular complexity index is 1320. The van der Waals surface area contributed by atoms with Gasteiger partial charge in [-0.05, 0) is 60.7 Å². The maximum atomic E-state index is 13.2. The Morgan fingerprint density at radius 2 is 1.69 bits per heavy atom. The number of benzene rings is 2. The highest BCUT2D eigenvalue weighted by atomic mass is 35.5. The number of halogens is 1. The molecule has 190 valence electrons. The summed E-state index contributed by atoms with van der Waals surface area (Å²) in [4.78, 5) is 21.6. The number of carbonyl (C=O) groups excluding carboxylic acids is 1. The van der Waals surface area contributed by atoms with Gasteiger partial charge in [0.05, 0.1) is 15.7 Å². The lowest BCUT2D eigenvalue weighted by molar-refractivity contribution is 0.0746. The van der Waals surface area contributed by atoms with Gasteiger partial charge in [0.1, 0.15) is 5.82 Å². The summed E-state index contributed by atoms with van der Waals surface area (Å²) in [6.07, 6.45) is 5.02. The van der Waals surface area contributed by atoms with Gasteiger partial charge in [0, 0.05) is 37.9 Å². The monoisotopic (exact) mass is 525 g/mol. The van der Waals surface area contributed by atoms with Crippen LogP contribution in [-0.4, -0.2) is 50.4 Å². The molecule has 1 aliphatic heterocycles. The third kappa shape index (κ3) is 6.26. The molecule has 2 aromatic carbocycles. The van der Waals surface area contributed by atoms with Crippen LogP contribution in [0.1, 0.15) is 46.8 Å². The van der Waals surface area contributed by atoms with Gasteiger partial charge >= 0.3 is 0 Å². The number of rotatable bonds is 8. The van der Waals surface area contributed by atoms with Crippen LogP contribution in [-0.2, 0) is 22.0 Å². The van der Waals surface area contributed by atoms with Gasteiger partial charge in [-0.1, -0.05) is 55.3 Å². The van der Waals surface area contributed by atoms with E-state index in [-0.39, 0.29) is 16.6 Å². The van der Waals surface area contributed by atoms with Gasteiger partial charge < -0.3 is 9.80 Å². The summed E-state index contributed by atoms with van der Waals surface area (Å²) in [6, 6.07) is 16.0. The minimum absolute atomic E-state index is 0.0956. The summed E-state index contributed by atoms with van der Waals surface area (Å²) in [7, 11) is -3.58. The number of sulfone groups is 1. The van der Waals surface area contributed by atoms with Gasteiger partial charge in [-0.15, -0.1) is 0 Å². The summed E-state index contributed by atoms with van der Waals surface area (Å²) < 4.78 is 26.2. The van der Waals surface area contributed by atoms with Gasteiger partial charge in [0.15, 0.2) is 9.84 Å². The maximum Gasteiger partial charge on any atom is 0.254 e. The molecule has 1 saturated heterocycles. The van der Waals surface area contributed by atoms with Crippen LogP contribution in [0.25, 0.3) is 0 Å². The van der Waals surface area contributed by atoms with Crippen LogP contribution < -0.4 is 4.90 Å². The number of hydrogen-bond donors (Lipinski definition) is 0. The molecule has 0 atom stereocenters. The lowest BCUT2D eigenvalue weighted by Gasteiger charge is -2.35. The first-order chi connectivity index (χ1) is 17.3. The first kappa shape index (κ1) is 26.2. The number of carbonyl (C=O) groups is 1. The molecule has 0 aliphatic carbocycles. The predicted octanol–water partition coefficient (Wildman–Crippen LogP) is 5.32. The summed E-state index contributed by atoms with van der Waals surface area (Å²) in [5, 5.41) is 0.600. The molecular formula is C28H32ClN3O3S. The van der Waals surface area contributed by atoms with Gasteiger partial charge in [0.2, 0.25) is 0 Å². The van der Waals surface area contributed by atoms with E-state index >= 15 is 0 Å². The van der Waals surface area contributed by atoms with Crippen molar-refractivity contribution in [3.8, 4) is 0 Å². The standard InChI is InChI=1S/C28H32ClN3O3S/c1-3-4-6-22-9-11-23(12-10-22)20-36(34,35)25-8-5-7-24(18-25)28(33)32-15-13-31(14-16-32)27-26(29)17-21(2)19-30-27/h5,7-12,17-19H,3-4,6,13-16,20H2,1-2H3. The van der Waals surface area contributed by atoms with Crippen LogP contribution in [0.3, 0.4) is 0 Å². The average Bonchev–Trinajstić information content (AvgIpc) is 2.88. The van der Waals surface area contributed by atoms with Crippen molar-refractivity contribution >= 4 is 33.2 Å². The summed E-state index contributed by atoms with van der Waals surface area (Å²) in [5.74, 6) is 0.456. The Hall–Kier alpha value is -2.90. The maximum absolute atomic E-state index is 13.2. The van der Waals surface area contributed by atoms with E-state index in [1.54, 1.807) is 29.3 Å². The van der Waals surface area contributed by atoms with Crippen molar-refractivity contribution in [1.82, 2.24) is 9.88 Å². The summed E-state index contributed by atoms with van der Waals surface area (Å²) >= 11 is 6.36. The highest BCUT2D eigenvalue weighted by Crippen LogP contribution is 2.25. The van der Waals surface area contributed by atoms with Crippen molar-refractivity contribution in [3.63, 3.8) is 0 Å². The molecule has 0 unspecified atom stereocenters. The van der Waals surface area contributed by atoms with Gasteiger partial charge in [-0.2, -0.15) is 0 Å². The molecule has 36 heavy (non-hydrogen) atoms. The fourth-order valence-corrected chi connectivity index (χ4v) is 6.10. The molecule has 0 bridgehead atoms. The Morgan fingerprint density at radius 3 is 2.36 bits per heavy atom. The zero-order chi connectivity index (χ0) is 25.7. The second kappa shape index (κ2) is 11.4. The zero-order valence-corrected chi connectivity index (χ0v) is 22.4. The minimum Gasteiger partial charge on any atom is -0.352 e. The van der Waals surface area contributed by atoms with Crippen molar-refractivity contribution < 1.29 is 13.2 Å². The predicted molar refractivity (Wildman–Crippen MR) is 144 cm³/mol. The number of nitrogens with zero attached hydrogens (tertiary/aromatic N) is 3. The van der Waals surface area contributed by atoms with Crippen LogP contribution in [0.15, 0.2) is 65.7 Å². The lowest BCUT2D eigenvalue weighted by Crippen LogP contribution is -2.49. The van der Waals surface area contributed by atoms with Crippen molar-refractivity contribution in [1.29, 1.82) is 0 Å². The molecule has 2 heterocycles. The van der Waals surface area contributed by atoms with Crippen LogP contribution in [0.2, 0.25) is 5.02 Å². The lowest BCUT2D eigenvalue weighted by atomic mass is 10.1. The highest BCUT2D eigenvalue weighted by Gasteiger charge is 2.25. The Balaban J connectivity index is 1.41. The molecular weight excluding hydrogens is 494 g/mol. The minimum atomic E-state index is -3.58. The smallest absolute Gasteiger partial charge is 0.254 e. The van der Waals surface area contributed by atoms with Gasteiger partial charge in [0.25, 0.3) is 5.91 Å². The molecule has 0 saturated carbocycles. The van der Waals surface area contributed by atoms with Crippen LogP contribution in [0.5, 0.6) is 0 Å². The fraction of sp³-hybridized carbons (Fsp3) is 0.357. The van der Waals surface area contributed by atoms with Crippen LogP contribution in [0.4, 0.5) is 5.82 Å². The summed E-state index contributed by atoms with van der Waals surface area (Å²) in [6.45, 7) is 6.32. The largest absolute Gasteiger partial charge is 0.352 e. The second-order valence-corrected chi connectivity index (χ2v) is 11.7. The van der Waals surface area contributed by atoms with E-state index in [1.165, 1.54) is 11.6 Å². The normalized spacial score (nSPS) is 14.2. The van der Waals surface area contributed by atoms with Crippen molar-refractivity contribution in [3.05, 3.63) is 88.1 Å². The number of anilines is 1. The topological polar surface area (TPSA) is 70.6 Å². The van der Waals surface area contributed by atoms with E-state index in [1.807, 2.05) is 37.3 Å². The van der Waals surface area contributed by atoms with E-state index < -0.39 is 9.84 Å². The Labute approximate surface area is 218 Å². The highest BCUT2D eigenvalue weighted by molar-refractivity contribution is 7.90. The molecule has 0 radical (unpaired) electrons. The number of hydrogen-bond acceptors (Lipinski definition) is 5. The first-order valence-electron chi connectivity index (χ1n) is 12.3. The van der Waals surface area contributed by atoms with Crippen molar-refractivity contribution in [2.45, 2.75) is 43.8 Å². The number of piperazine rings is 1. The molecule has 0 N–H and O–H groups in total. The molecule has 6 nitrogen and oxygen atoms in total. The first-order valence-corrected chi connectivity index (χ1v) is 14.4. The van der Waals surface area contributed by atoms with E-state index in [4.69, 9.17) is 11.6 Å². The number of unbranched alkanes of at least 4 members (excludes halogenated alkanes) is 1. The third-order valence-electron chi connectivity index (χ3n) is 6.46. The van der Waals surface area contributed by atoms with E-state index in [2.05, 4.69) is 16.8 Å². The zero-order valence-electron chi connectivity index (χ0n) is 20.8. The summed E-state index contributed by atoms with van der Waals surface area (Å²) in [5.41, 5.74) is 3.33. The van der Waals surface area contributed by atoms with Crippen molar-refractivity contribution in [2.75, 3.05) is 31.1 Å². The SMILES string of the molecule is CCCCc1ccc(CS(=O)(=O)c2cccc(C(=O)N3CCN(c4ncc(C)cc4Cl)CC3)c2)cc1. The van der Waals surface area contributed by atoms with E-state index in [9.17, 15) is 13.2 Å². The molecule has 1 aliphatic rings. The quantitative estimate of drug-likeness (QED) is 0.398. The molecule has 1 aromatic heterocycles. The fourth-order valence-electron chi connectivity index (χ4n) is 4.37. The molecule has 3 aromatic rings. The van der Waals surface area contributed by atoms with Gasteiger partial charge in [-0.25, -0.2) is 13.4 Å². The van der Waals surface area contributed by atoms with Crippen molar-refractivity contribution in [2.24, 2.45) is 0 Å². The van der Waals surface area contributed by atoms with E-state index in [0.717, 1.165) is 36.2 Å². The third-order valence-corrected chi connectivity index (χ3v) is 8.43. The van der Waals surface area contributed by atoms with E-state index in [0.29, 0.717) is 36.8 Å². The Morgan fingerprint density at radius 1 is 1.00 bits per heavy atom. The Kier molecular flexibility index (Phi) is 8.32. The van der Waals surface area contributed by atoms with Crippen LogP contribution in [0, 0.1) is 6.92 Å². The number of amides is 1. The average molecular weight is 526 g/mol. The molecule has 1 amide bonds. The molecule has 0 spiro atoms. The molecule has 8 heteroatoms. The molecule has 1 fully saturated rings. The number of pyridine rings is 1. The number of aryl methyl sites for hydroxylation is 2. The number of aromatic nitrogens is 1. The molecule has 4 rings (SSSR count).